The molecule has 1 rings (SSSR count). The molecule has 1 nitrogen and oxygen atoms in total. The minimum absolute atomic E-state index is 0.463. The van der Waals surface area contributed by atoms with E-state index in [0.29, 0.717) is 10.7 Å². The minimum atomic E-state index is 0.463. The molecule has 1 heterocycles. The van der Waals surface area contributed by atoms with Gasteiger partial charge in [-0.3, -0.25) is 0 Å². The van der Waals surface area contributed by atoms with E-state index in [1.54, 1.807) is 0 Å². The molecule has 1 unspecified atom stereocenters. The van der Waals surface area contributed by atoms with Gasteiger partial charge in [0.15, 0.2) is 0 Å². The number of hydrogen-bond acceptors (Lipinski definition) is 3. The molecule has 0 radical (unpaired) electrons. The molecule has 0 aliphatic carbocycles. The lowest BCUT2D eigenvalue weighted by Gasteiger charge is -2.42. The standard InChI is InChI=1S/C7H15NS2/c1-6(10)2-7(5-9)3-8-4-7/h6,8-10H,2-5H2,1H3. The van der Waals surface area contributed by atoms with Gasteiger partial charge in [-0.15, -0.1) is 0 Å². The molecule has 10 heavy (non-hydrogen) atoms. The molecule has 0 amide bonds. The van der Waals surface area contributed by atoms with Gasteiger partial charge in [0.2, 0.25) is 0 Å². The van der Waals surface area contributed by atoms with Crippen molar-refractivity contribution in [1.29, 1.82) is 0 Å². The van der Waals surface area contributed by atoms with Gasteiger partial charge in [0.25, 0.3) is 0 Å². The average Bonchev–Trinajstić information content (AvgIpc) is 1.78. The Bertz CT molecular complexity index is 105. The molecule has 1 N–H and O–H groups in total. The predicted molar refractivity (Wildman–Crippen MR) is 52.2 cm³/mol. The first-order valence-corrected chi connectivity index (χ1v) is 4.83. The third kappa shape index (κ3) is 1.83. The molecule has 0 saturated carbocycles. The van der Waals surface area contributed by atoms with E-state index < -0.39 is 0 Å². The zero-order valence-corrected chi connectivity index (χ0v) is 8.09. The largest absolute Gasteiger partial charge is 0.315 e. The summed E-state index contributed by atoms with van der Waals surface area (Å²) >= 11 is 8.70. The lowest BCUT2D eigenvalue weighted by molar-refractivity contribution is 0.188. The zero-order chi connectivity index (χ0) is 7.61. The van der Waals surface area contributed by atoms with Crippen LogP contribution in [-0.2, 0) is 0 Å². The van der Waals surface area contributed by atoms with Crippen LogP contribution in [0.1, 0.15) is 13.3 Å². The first-order chi connectivity index (χ1) is 4.68. The normalized spacial score (nSPS) is 25.5. The Morgan fingerprint density at radius 1 is 1.60 bits per heavy atom. The van der Waals surface area contributed by atoms with Gasteiger partial charge in [0, 0.05) is 18.5 Å². The molecule has 0 aromatic rings. The maximum atomic E-state index is 4.37. The van der Waals surface area contributed by atoms with Crippen LogP contribution in [0.5, 0.6) is 0 Å². The van der Waals surface area contributed by atoms with Gasteiger partial charge >= 0.3 is 0 Å². The summed E-state index contributed by atoms with van der Waals surface area (Å²) in [6.07, 6.45) is 1.19. The summed E-state index contributed by atoms with van der Waals surface area (Å²) in [7, 11) is 0. The summed E-state index contributed by atoms with van der Waals surface area (Å²) in [5.74, 6) is 0.991. The maximum Gasteiger partial charge on any atom is 0.00508 e. The molecule has 0 aromatic carbocycles. The van der Waals surface area contributed by atoms with Crippen molar-refractivity contribution in [1.82, 2.24) is 5.32 Å². The van der Waals surface area contributed by atoms with E-state index in [1.807, 2.05) is 0 Å². The number of hydrogen-bond donors (Lipinski definition) is 3. The highest BCUT2D eigenvalue weighted by molar-refractivity contribution is 7.81. The lowest BCUT2D eigenvalue weighted by atomic mass is 9.79. The van der Waals surface area contributed by atoms with Gasteiger partial charge in [0.1, 0.15) is 0 Å². The Morgan fingerprint density at radius 2 is 2.20 bits per heavy atom. The minimum Gasteiger partial charge on any atom is -0.315 e. The maximum absolute atomic E-state index is 4.37. The van der Waals surface area contributed by atoms with E-state index in [-0.39, 0.29) is 0 Å². The molecule has 3 heteroatoms. The Labute approximate surface area is 73.8 Å². The van der Waals surface area contributed by atoms with E-state index >= 15 is 0 Å². The zero-order valence-electron chi connectivity index (χ0n) is 6.30. The van der Waals surface area contributed by atoms with Crippen LogP contribution < -0.4 is 5.32 Å². The molecule has 60 valence electrons. The van der Waals surface area contributed by atoms with E-state index in [9.17, 15) is 0 Å². The van der Waals surface area contributed by atoms with Crippen LogP contribution in [0.15, 0.2) is 0 Å². The highest BCUT2D eigenvalue weighted by Crippen LogP contribution is 2.30. The van der Waals surface area contributed by atoms with Crippen molar-refractivity contribution in [3.05, 3.63) is 0 Å². The van der Waals surface area contributed by atoms with Crippen molar-refractivity contribution in [2.45, 2.75) is 18.6 Å². The molecule has 0 aromatic heterocycles. The van der Waals surface area contributed by atoms with E-state index in [2.05, 4.69) is 37.5 Å². The van der Waals surface area contributed by atoms with Crippen LogP contribution in [0, 0.1) is 5.41 Å². The molecule has 1 aliphatic heterocycles. The topological polar surface area (TPSA) is 12.0 Å². The van der Waals surface area contributed by atoms with Gasteiger partial charge < -0.3 is 5.32 Å². The highest BCUT2D eigenvalue weighted by Gasteiger charge is 2.35. The van der Waals surface area contributed by atoms with Gasteiger partial charge in [-0.05, 0) is 17.4 Å². The lowest BCUT2D eigenvalue weighted by Crippen LogP contribution is -2.55. The second-order valence-electron chi connectivity index (χ2n) is 3.31. The molecule has 1 saturated heterocycles. The second-order valence-corrected chi connectivity index (χ2v) is 4.51. The van der Waals surface area contributed by atoms with E-state index in [1.165, 1.54) is 6.42 Å². The molecule has 0 spiro atoms. The Hall–Kier alpha value is 0.660. The third-order valence-corrected chi connectivity index (χ3v) is 2.92. The number of rotatable bonds is 3. The van der Waals surface area contributed by atoms with Crippen LogP contribution in [0.4, 0.5) is 0 Å². The quantitative estimate of drug-likeness (QED) is 0.551. The first-order valence-electron chi connectivity index (χ1n) is 3.68. The van der Waals surface area contributed by atoms with Crippen molar-refractivity contribution in [2.24, 2.45) is 5.41 Å². The summed E-state index contributed by atoms with van der Waals surface area (Å²) in [6, 6.07) is 0. The van der Waals surface area contributed by atoms with E-state index in [4.69, 9.17) is 0 Å². The summed E-state index contributed by atoms with van der Waals surface area (Å²) < 4.78 is 0. The van der Waals surface area contributed by atoms with Crippen molar-refractivity contribution in [3.63, 3.8) is 0 Å². The summed E-state index contributed by atoms with van der Waals surface area (Å²) in [5.41, 5.74) is 0.463. The number of thiol groups is 2. The van der Waals surface area contributed by atoms with Crippen LogP contribution in [0.25, 0.3) is 0 Å². The van der Waals surface area contributed by atoms with Crippen LogP contribution >= 0.6 is 25.3 Å². The van der Waals surface area contributed by atoms with Crippen molar-refractivity contribution in [3.8, 4) is 0 Å². The summed E-state index contributed by atoms with van der Waals surface area (Å²) in [4.78, 5) is 0. The Morgan fingerprint density at radius 3 is 2.30 bits per heavy atom. The molecule has 1 atom stereocenters. The Kier molecular flexibility index (Phi) is 2.95. The SMILES string of the molecule is CC(S)CC1(CS)CNC1. The van der Waals surface area contributed by atoms with Gasteiger partial charge in [0.05, 0.1) is 0 Å². The predicted octanol–water partition coefficient (Wildman–Crippen LogP) is 1.21. The molecular formula is C7H15NS2. The van der Waals surface area contributed by atoms with Gasteiger partial charge in [-0.25, -0.2) is 0 Å². The van der Waals surface area contributed by atoms with Crippen LogP contribution in [-0.4, -0.2) is 24.1 Å². The van der Waals surface area contributed by atoms with Crippen LogP contribution in [0.2, 0.25) is 0 Å². The fourth-order valence-electron chi connectivity index (χ4n) is 1.43. The van der Waals surface area contributed by atoms with Crippen molar-refractivity contribution < 1.29 is 0 Å². The fourth-order valence-corrected chi connectivity index (χ4v) is 2.17. The molecule has 0 bridgehead atoms. The summed E-state index contributed by atoms with van der Waals surface area (Å²) in [5, 5.41) is 3.78. The first kappa shape index (κ1) is 8.75. The fraction of sp³-hybridized carbons (Fsp3) is 1.00. The molecule has 1 fully saturated rings. The van der Waals surface area contributed by atoms with Gasteiger partial charge in [-0.2, -0.15) is 25.3 Å². The third-order valence-electron chi connectivity index (χ3n) is 2.06. The summed E-state index contributed by atoms with van der Waals surface area (Å²) in [6.45, 7) is 4.40. The van der Waals surface area contributed by atoms with E-state index in [0.717, 1.165) is 18.8 Å². The van der Waals surface area contributed by atoms with Crippen molar-refractivity contribution >= 4 is 25.3 Å². The average molecular weight is 177 g/mol. The van der Waals surface area contributed by atoms with Crippen LogP contribution in [0.3, 0.4) is 0 Å². The van der Waals surface area contributed by atoms with Crippen molar-refractivity contribution in [2.75, 3.05) is 18.8 Å². The second kappa shape index (κ2) is 3.37. The molecular weight excluding hydrogens is 162 g/mol. The Balaban J connectivity index is 2.33. The number of nitrogens with one attached hydrogen (secondary N) is 1. The monoisotopic (exact) mass is 177 g/mol. The highest BCUT2D eigenvalue weighted by atomic mass is 32.1. The van der Waals surface area contributed by atoms with Gasteiger partial charge in [-0.1, -0.05) is 6.92 Å². The smallest absolute Gasteiger partial charge is 0.00508 e. The molecule has 1 aliphatic rings.